The van der Waals surface area contributed by atoms with Crippen LogP contribution in [0.25, 0.3) is 5.76 Å². The maximum absolute atomic E-state index is 14.1. The van der Waals surface area contributed by atoms with Gasteiger partial charge in [-0.05, 0) is 39.5 Å². The second-order valence-electron chi connectivity index (χ2n) is 8.10. The molecule has 1 atom stereocenters. The van der Waals surface area contributed by atoms with E-state index in [9.17, 15) is 14.7 Å². The van der Waals surface area contributed by atoms with Gasteiger partial charge in [-0.3, -0.25) is 9.59 Å². The van der Waals surface area contributed by atoms with Crippen molar-refractivity contribution >= 4 is 17.3 Å². The molecule has 0 fully saturated rings. The number of hydrogen-bond acceptors (Lipinski definition) is 4. The molecule has 0 spiro atoms. The molecule has 0 saturated carbocycles. The van der Waals surface area contributed by atoms with Gasteiger partial charge in [-0.25, -0.2) is 0 Å². The zero-order valence-electron chi connectivity index (χ0n) is 19.2. The molecule has 0 radical (unpaired) electrons. The minimum atomic E-state index is -1.20. The van der Waals surface area contributed by atoms with E-state index in [0.717, 1.165) is 11.1 Å². The van der Waals surface area contributed by atoms with Crippen LogP contribution >= 0.6 is 0 Å². The Labute approximate surface area is 191 Å². The highest BCUT2D eigenvalue weighted by Crippen LogP contribution is 2.49. The summed E-state index contributed by atoms with van der Waals surface area (Å²) in [5.74, 6) is -1.00. The molecular weight excluding hydrogens is 400 g/mol. The first-order valence-corrected chi connectivity index (χ1v) is 10.6. The van der Waals surface area contributed by atoms with Gasteiger partial charge < -0.3 is 9.84 Å². The van der Waals surface area contributed by atoms with Crippen LogP contribution in [0.2, 0.25) is 0 Å². The van der Waals surface area contributed by atoms with E-state index in [1.54, 1.807) is 48.6 Å². The fourth-order valence-electron chi connectivity index (χ4n) is 4.25. The fraction of sp³-hybridized carbons (Fsp3) is 0.286. The molecule has 0 aromatic heterocycles. The number of methoxy groups -OCH3 is 1. The number of carbonyl (C=O) groups excluding carboxylic acids is 2. The van der Waals surface area contributed by atoms with Gasteiger partial charge in [0.1, 0.15) is 17.1 Å². The Morgan fingerprint density at radius 3 is 2.22 bits per heavy atom. The molecule has 32 heavy (non-hydrogen) atoms. The third-order valence-electron chi connectivity index (χ3n) is 5.81. The second kappa shape index (κ2) is 10.8. The SMILES string of the molecule is C=CCC(CC1(CC=C)C(=O)/C(=C(\O)c2ccccc2)C(=O)C(CC=C)=C1OC)=C(C)C. The van der Waals surface area contributed by atoms with Gasteiger partial charge in [0.25, 0.3) is 0 Å². The molecule has 1 aliphatic rings. The number of Topliss-reactive ketones (excluding diaryl/α,β-unsaturated/α-hetero) is 2. The van der Waals surface area contributed by atoms with E-state index in [2.05, 4.69) is 19.7 Å². The monoisotopic (exact) mass is 432 g/mol. The Hall–Kier alpha value is -3.40. The van der Waals surface area contributed by atoms with Crippen LogP contribution in [0, 0.1) is 5.41 Å². The third-order valence-corrected chi connectivity index (χ3v) is 5.81. The van der Waals surface area contributed by atoms with Gasteiger partial charge in [0.2, 0.25) is 0 Å². The molecular formula is C28H32O4. The average Bonchev–Trinajstić information content (AvgIpc) is 2.78. The van der Waals surface area contributed by atoms with Gasteiger partial charge in [0.15, 0.2) is 11.6 Å². The first-order chi connectivity index (χ1) is 15.3. The number of ketones is 2. The van der Waals surface area contributed by atoms with Crippen molar-refractivity contribution in [3.8, 4) is 0 Å². The number of aliphatic hydroxyl groups is 1. The predicted molar refractivity (Wildman–Crippen MR) is 130 cm³/mol. The smallest absolute Gasteiger partial charge is 0.200 e. The maximum Gasteiger partial charge on any atom is 0.200 e. The highest BCUT2D eigenvalue weighted by atomic mass is 16.5. The zero-order chi connectivity index (χ0) is 23.9. The highest BCUT2D eigenvalue weighted by Gasteiger charge is 2.52. The largest absolute Gasteiger partial charge is 0.506 e. The maximum atomic E-state index is 14.1. The summed E-state index contributed by atoms with van der Waals surface area (Å²) in [6.45, 7) is 15.4. The van der Waals surface area contributed by atoms with Gasteiger partial charge in [-0.2, -0.15) is 0 Å². The summed E-state index contributed by atoms with van der Waals surface area (Å²) in [7, 11) is 1.47. The molecule has 0 aliphatic heterocycles. The summed E-state index contributed by atoms with van der Waals surface area (Å²) < 4.78 is 5.75. The van der Waals surface area contributed by atoms with Gasteiger partial charge >= 0.3 is 0 Å². The van der Waals surface area contributed by atoms with Crippen molar-refractivity contribution in [2.24, 2.45) is 5.41 Å². The van der Waals surface area contributed by atoms with Gasteiger partial charge in [-0.15, -0.1) is 19.7 Å². The molecule has 4 heteroatoms. The summed E-state index contributed by atoms with van der Waals surface area (Å²) in [4.78, 5) is 27.5. The molecule has 1 aliphatic carbocycles. The molecule has 1 aromatic rings. The van der Waals surface area contributed by atoms with Crippen LogP contribution in [-0.4, -0.2) is 23.8 Å². The lowest BCUT2D eigenvalue weighted by atomic mass is 9.64. The highest BCUT2D eigenvalue weighted by molar-refractivity contribution is 6.34. The van der Waals surface area contributed by atoms with E-state index < -0.39 is 17.0 Å². The molecule has 0 heterocycles. The summed E-state index contributed by atoms with van der Waals surface area (Å²) >= 11 is 0. The van der Waals surface area contributed by atoms with E-state index >= 15 is 0 Å². The van der Waals surface area contributed by atoms with Crippen LogP contribution in [0.3, 0.4) is 0 Å². The Morgan fingerprint density at radius 1 is 1.06 bits per heavy atom. The lowest BCUT2D eigenvalue weighted by molar-refractivity contribution is -0.129. The van der Waals surface area contributed by atoms with Gasteiger partial charge in [0, 0.05) is 11.1 Å². The number of rotatable bonds is 10. The van der Waals surface area contributed by atoms with E-state index in [-0.39, 0.29) is 24.2 Å². The molecule has 1 aromatic carbocycles. The average molecular weight is 433 g/mol. The number of allylic oxidation sites excluding steroid dienone is 8. The fourth-order valence-corrected chi connectivity index (χ4v) is 4.25. The molecule has 2 rings (SSSR count). The second-order valence-corrected chi connectivity index (χ2v) is 8.10. The van der Waals surface area contributed by atoms with Crippen molar-refractivity contribution < 1.29 is 19.4 Å². The van der Waals surface area contributed by atoms with Crippen LogP contribution in [0.15, 0.2) is 96.3 Å². The van der Waals surface area contributed by atoms with Crippen molar-refractivity contribution in [3.63, 3.8) is 0 Å². The van der Waals surface area contributed by atoms with Crippen LogP contribution in [-0.2, 0) is 14.3 Å². The quantitative estimate of drug-likeness (QED) is 0.200. The molecule has 1 N–H and O–H groups in total. The Morgan fingerprint density at radius 2 is 1.72 bits per heavy atom. The lowest BCUT2D eigenvalue weighted by Crippen LogP contribution is -2.43. The Kier molecular flexibility index (Phi) is 8.36. The van der Waals surface area contributed by atoms with E-state index in [0.29, 0.717) is 29.7 Å². The third kappa shape index (κ3) is 4.59. The van der Waals surface area contributed by atoms with Crippen molar-refractivity contribution in [2.45, 2.75) is 39.5 Å². The molecule has 0 bridgehead atoms. The molecule has 4 nitrogen and oxygen atoms in total. The van der Waals surface area contributed by atoms with Gasteiger partial charge in [-0.1, -0.05) is 59.7 Å². The van der Waals surface area contributed by atoms with Crippen LogP contribution in [0.1, 0.15) is 45.1 Å². The number of aliphatic hydroxyl groups excluding tert-OH is 1. The first-order valence-electron chi connectivity index (χ1n) is 10.6. The standard InChI is InChI=1S/C28H32O4/c1-7-13-21(19(4)5)18-28(17-9-3)26(31)23(24(29)20-15-11-10-12-16-20)25(30)22(14-8-2)27(28)32-6/h7-12,15-16,29H,1-3,13-14,17-18H2,4-6H3/b24-23-. The number of hydrogen-bond donors (Lipinski definition) is 1. The van der Waals surface area contributed by atoms with Gasteiger partial charge in [0.05, 0.1) is 12.5 Å². The van der Waals surface area contributed by atoms with Crippen molar-refractivity contribution in [2.75, 3.05) is 7.11 Å². The van der Waals surface area contributed by atoms with Crippen molar-refractivity contribution in [1.29, 1.82) is 0 Å². The minimum absolute atomic E-state index is 0.214. The number of carbonyl (C=O) groups is 2. The van der Waals surface area contributed by atoms with Crippen LogP contribution < -0.4 is 0 Å². The molecule has 168 valence electrons. The van der Waals surface area contributed by atoms with Crippen molar-refractivity contribution in [1.82, 2.24) is 0 Å². The summed E-state index contributed by atoms with van der Waals surface area (Å²) in [5, 5.41) is 11.1. The minimum Gasteiger partial charge on any atom is -0.506 e. The molecule has 0 amide bonds. The predicted octanol–water partition coefficient (Wildman–Crippen LogP) is 6.45. The first kappa shape index (κ1) is 24.9. The van der Waals surface area contributed by atoms with E-state index in [4.69, 9.17) is 4.74 Å². The van der Waals surface area contributed by atoms with Crippen LogP contribution in [0.4, 0.5) is 0 Å². The topological polar surface area (TPSA) is 63.6 Å². The number of ether oxygens (including phenoxy) is 1. The molecule has 0 saturated heterocycles. The summed E-state index contributed by atoms with van der Waals surface area (Å²) in [6.07, 6.45) is 6.44. The molecule has 1 unspecified atom stereocenters. The summed E-state index contributed by atoms with van der Waals surface area (Å²) in [5.41, 5.74) is 1.41. The van der Waals surface area contributed by atoms with Crippen molar-refractivity contribution in [3.05, 3.63) is 102 Å². The van der Waals surface area contributed by atoms with E-state index in [1.807, 2.05) is 13.8 Å². The normalized spacial score (nSPS) is 20.0. The lowest BCUT2D eigenvalue weighted by Gasteiger charge is -2.39. The Bertz CT molecular complexity index is 1020. The Balaban J connectivity index is 2.93. The number of benzene rings is 1. The van der Waals surface area contributed by atoms with Crippen LogP contribution in [0.5, 0.6) is 0 Å². The summed E-state index contributed by atoms with van der Waals surface area (Å²) in [6, 6.07) is 8.62. The van der Waals surface area contributed by atoms with E-state index in [1.165, 1.54) is 7.11 Å². The zero-order valence-corrected chi connectivity index (χ0v) is 19.2.